The zero-order valence-corrected chi connectivity index (χ0v) is 13.0. The number of hydrogen-bond acceptors (Lipinski definition) is 5. The predicted octanol–water partition coefficient (Wildman–Crippen LogP) is 1.75. The van der Waals surface area contributed by atoms with Gasteiger partial charge in [-0.05, 0) is 40.7 Å². The molecule has 0 saturated heterocycles. The molecule has 0 spiro atoms. The summed E-state index contributed by atoms with van der Waals surface area (Å²) < 4.78 is 15.9. The molecule has 0 rings (SSSR count). The van der Waals surface area contributed by atoms with Gasteiger partial charge in [-0.25, -0.2) is 0 Å². The summed E-state index contributed by atoms with van der Waals surface area (Å²) in [5.74, 6) is -0.223. The van der Waals surface area contributed by atoms with Crippen molar-refractivity contribution in [2.24, 2.45) is 0 Å². The van der Waals surface area contributed by atoms with E-state index in [9.17, 15) is 4.79 Å². The molecule has 0 bridgehead atoms. The van der Waals surface area contributed by atoms with Gasteiger partial charge < -0.3 is 19.5 Å². The molecule has 0 aliphatic rings. The second-order valence-electron chi connectivity index (χ2n) is 4.86. The zero-order chi connectivity index (χ0) is 14.7. The van der Waals surface area contributed by atoms with E-state index in [-0.39, 0.29) is 12.1 Å². The first kappa shape index (κ1) is 18.4. The Morgan fingerprint density at radius 1 is 1.21 bits per heavy atom. The van der Waals surface area contributed by atoms with Crippen molar-refractivity contribution in [3.8, 4) is 0 Å². The van der Waals surface area contributed by atoms with Gasteiger partial charge in [0, 0.05) is 6.61 Å². The molecule has 19 heavy (non-hydrogen) atoms. The molecular weight excluding hydrogens is 246 g/mol. The van der Waals surface area contributed by atoms with Crippen LogP contribution in [0.2, 0.25) is 0 Å². The van der Waals surface area contributed by atoms with Crippen LogP contribution in [0.5, 0.6) is 0 Å². The van der Waals surface area contributed by atoms with E-state index in [0.717, 1.165) is 0 Å². The fourth-order valence-corrected chi connectivity index (χ4v) is 1.66. The summed E-state index contributed by atoms with van der Waals surface area (Å²) in [5, 5.41) is 3.17. The average Bonchev–Trinajstić information content (AvgIpc) is 2.34. The van der Waals surface area contributed by atoms with Crippen molar-refractivity contribution in [3.63, 3.8) is 0 Å². The van der Waals surface area contributed by atoms with Gasteiger partial charge in [0.1, 0.15) is 5.54 Å². The van der Waals surface area contributed by atoms with E-state index in [1.54, 1.807) is 0 Å². The Balaban J connectivity index is 3.97. The Labute approximate surface area is 117 Å². The lowest BCUT2D eigenvalue weighted by atomic mass is 9.98. The first-order valence-electron chi connectivity index (χ1n) is 7.07. The standard InChI is InChI=1S/C14H29NO4/c1-6-15-14(5,13(16)18-7-2)8-9-17-10-11-19-12(3)4/h12,15H,6-11H2,1-5H3. The van der Waals surface area contributed by atoms with Gasteiger partial charge in [-0.15, -0.1) is 0 Å². The third-order valence-corrected chi connectivity index (χ3v) is 2.72. The second kappa shape index (κ2) is 10.2. The molecule has 1 unspecified atom stereocenters. The number of hydrogen-bond donors (Lipinski definition) is 1. The van der Waals surface area contributed by atoms with Crippen LogP contribution < -0.4 is 5.32 Å². The lowest BCUT2D eigenvalue weighted by Crippen LogP contribution is -2.51. The Morgan fingerprint density at radius 3 is 2.42 bits per heavy atom. The second-order valence-corrected chi connectivity index (χ2v) is 4.86. The van der Waals surface area contributed by atoms with Gasteiger partial charge in [0.2, 0.25) is 0 Å². The van der Waals surface area contributed by atoms with Crippen molar-refractivity contribution in [1.82, 2.24) is 5.32 Å². The van der Waals surface area contributed by atoms with E-state index in [1.165, 1.54) is 0 Å². The van der Waals surface area contributed by atoms with Crippen LogP contribution in [0.1, 0.15) is 41.0 Å². The van der Waals surface area contributed by atoms with Crippen LogP contribution in [0.15, 0.2) is 0 Å². The fraction of sp³-hybridized carbons (Fsp3) is 0.929. The van der Waals surface area contributed by atoms with Gasteiger partial charge in [0.15, 0.2) is 0 Å². The number of esters is 1. The number of ether oxygens (including phenoxy) is 3. The van der Waals surface area contributed by atoms with Crippen LogP contribution >= 0.6 is 0 Å². The molecule has 1 atom stereocenters. The number of nitrogens with one attached hydrogen (secondary N) is 1. The lowest BCUT2D eigenvalue weighted by Gasteiger charge is -2.28. The van der Waals surface area contributed by atoms with Crippen molar-refractivity contribution in [1.29, 1.82) is 0 Å². The molecule has 0 heterocycles. The Kier molecular flexibility index (Phi) is 9.83. The van der Waals surface area contributed by atoms with Crippen molar-refractivity contribution < 1.29 is 19.0 Å². The van der Waals surface area contributed by atoms with E-state index >= 15 is 0 Å². The van der Waals surface area contributed by atoms with Gasteiger partial charge in [0.05, 0.1) is 25.9 Å². The monoisotopic (exact) mass is 275 g/mol. The minimum absolute atomic E-state index is 0.218. The van der Waals surface area contributed by atoms with Gasteiger partial charge in [-0.3, -0.25) is 4.79 Å². The molecule has 0 aliphatic carbocycles. The molecule has 0 aliphatic heterocycles. The molecule has 0 aromatic carbocycles. The van der Waals surface area contributed by atoms with Crippen molar-refractivity contribution in [3.05, 3.63) is 0 Å². The molecular formula is C14H29NO4. The van der Waals surface area contributed by atoms with Crippen molar-refractivity contribution >= 4 is 5.97 Å². The predicted molar refractivity (Wildman–Crippen MR) is 75.2 cm³/mol. The number of rotatable bonds is 11. The first-order valence-corrected chi connectivity index (χ1v) is 7.07. The average molecular weight is 275 g/mol. The van der Waals surface area contributed by atoms with Gasteiger partial charge >= 0.3 is 5.97 Å². The molecule has 0 radical (unpaired) electrons. The summed E-state index contributed by atoms with van der Waals surface area (Å²) in [7, 11) is 0. The molecule has 5 nitrogen and oxygen atoms in total. The topological polar surface area (TPSA) is 56.8 Å². The molecule has 0 aromatic rings. The van der Waals surface area contributed by atoms with Crippen LogP contribution in [-0.4, -0.2) is 50.6 Å². The number of carbonyl (C=O) groups excluding carboxylic acids is 1. The van der Waals surface area contributed by atoms with Crippen LogP contribution in [-0.2, 0) is 19.0 Å². The molecule has 0 aromatic heterocycles. The van der Waals surface area contributed by atoms with Gasteiger partial charge in [-0.2, -0.15) is 0 Å². The summed E-state index contributed by atoms with van der Waals surface area (Å²) in [6, 6.07) is 0. The summed E-state index contributed by atoms with van der Waals surface area (Å²) >= 11 is 0. The molecule has 114 valence electrons. The highest BCUT2D eigenvalue weighted by Crippen LogP contribution is 2.12. The third-order valence-electron chi connectivity index (χ3n) is 2.72. The Morgan fingerprint density at radius 2 is 1.89 bits per heavy atom. The van der Waals surface area contributed by atoms with Crippen molar-refractivity contribution in [2.75, 3.05) is 33.0 Å². The normalized spacial score (nSPS) is 14.4. The molecule has 5 heteroatoms. The quantitative estimate of drug-likeness (QED) is 0.460. The van der Waals surface area contributed by atoms with E-state index in [4.69, 9.17) is 14.2 Å². The summed E-state index contributed by atoms with van der Waals surface area (Å²) in [5.41, 5.74) is -0.677. The maximum absolute atomic E-state index is 11.9. The summed E-state index contributed by atoms with van der Waals surface area (Å²) in [4.78, 5) is 11.9. The summed E-state index contributed by atoms with van der Waals surface area (Å²) in [6.45, 7) is 12.3. The lowest BCUT2D eigenvalue weighted by molar-refractivity contribution is -0.151. The maximum Gasteiger partial charge on any atom is 0.326 e. The first-order chi connectivity index (χ1) is 8.96. The van der Waals surface area contributed by atoms with Gasteiger partial charge in [-0.1, -0.05) is 6.92 Å². The molecule has 1 N–H and O–H groups in total. The number of carbonyl (C=O) groups is 1. The van der Waals surface area contributed by atoms with E-state index in [1.807, 2.05) is 34.6 Å². The SMILES string of the molecule is CCNC(C)(CCOCCOC(C)C)C(=O)OCC. The highest BCUT2D eigenvalue weighted by atomic mass is 16.5. The Hall–Kier alpha value is -0.650. The molecule has 0 fully saturated rings. The largest absolute Gasteiger partial charge is 0.465 e. The fourth-order valence-electron chi connectivity index (χ4n) is 1.66. The van der Waals surface area contributed by atoms with E-state index < -0.39 is 5.54 Å². The Bertz CT molecular complexity index is 246. The minimum Gasteiger partial charge on any atom is -0.465 e. The third kappa shape index (κ3) is 8.18. The highest BCUT2D eigenvalue weighted by Gasteiger charge is 2.33. The summed E-state index contributed by atoms with van der Waals surface area (Å²) in [6.07, 6.45) is 0.802. The van der Waals surface area contributed by atoms with Crippen LogP contribution in [0, 0.1) is 0 Å². The number of likely N-dealkylation sites (N-methyl/N-ethyl adjacent to an activating group) is 1. The minimum atomic E-state index is -0.677. The van der Waals surface area contributed by atoms with Crippen LogP contribution in [0.4, 0.5) is 0 Å². The smallest absolute Gasteiger partial charge is 0.326 e. The van der Waals surface area contributed by atoms with Crippen LogP contribution in [0.25, 0.3) is 0 Å². The zero-order valence-electron chi connectivity index (χ0n) is 13.0. The van der Waals surface area contributed by atoms with E-state index in [0.29, 0.717) is 39.4 Å². The molecule has 0 saturated carbocycles. The van der Waals surface area contributed by atoms with Crippen molar-refractivity contribution in [2.45, 2.75) is 52.7 Å². The molecule has 0 amide bonds. The van der Waals surface area contributed by atoms with E-state index in [2.05, 4.69) is 5.32 Å². The maximum atomic E-state index is 11.9. The van der Waals surface area contributed by atoms with Crippen LogP contribution in [0.3, 0.4) is 0 Å². The van der Waals surface area contributed by atoms with Gasteiger partial charge in [0.25, 0.3) is 0 Å². The highest BCUT2D eigenvalue weighted by molar-refractivity contribution is 5.80.